The predicted molar refractivity (Wildman–Crippen MR) is 58.3 cm³/mol. The van der Waals surface area contributed by atoms with E-state index in [9.17, 15) is 4.79 Å². The van der Waals surface area contributed by atoms with Gasteiger partial charge in [0.15, 0.2) is 0 Å². The van der Waals surface area contributed by atoms with Gasteiger partial charge in [-0.3, -0.25) is 4.79 Å². The Morgan fingerprint density at radius 3 is 3.00 bits per heavy atom. The second-order valence-corrected chi connectivity index (χ2v) is 4.77. The Balaban J connectivity index is 2.42. The van der Waals surface area contributed by atoms with E-state index in [1.54, 1.807) is 11.8 Å². The fraction of sp³-hybridized carbons (Fsp3) is 0.889. The van der Waals surface area contributed by atoms with Crippen LogP contribution in [0.5, 0.6) is 0 Å². The van der Waals surface area contributed by atoms with Crippen LogP contribution in [0, 0.1) is 5.41 Å². The van der Waals surface area contributed by atoms with E-state index in [2.05, 4.69) is 5.32 Å². The van der Waals surface area contributed by atoms with E-state index >= 15 is 0 Å². The number of hydrogen-bond donors (Lipinski definition) is 2. The third kappa shape index (κ3) is 2.40. The Hall–Kier alpha value is -0.260. The fourth-order valence-electron chi connectivity index (χ4n) is 1.39. The first-order chi connectivity index (χ1) is 6.61. The molecule has 14 heavy (non-hydrogen) atoms. The Labute approximate surface area is 88.9 Å². The normalized spacial score (nSPS) is 31.8. The molecule has 1 rings (SSSR count). The van der Waals surface area contributed by atoms with E-state index in [0.29, 0.717) is 19.8 Å². The van der Waals surface area contributed by atoms with E-state index < -0.39 is 5.41 Å². The molecule has 0 aromatic rings. The molecule has 1 amide bonds. The Morgan fingerprint density at radius 1 is 1.79 bits per heavy atom. The van der Waals surface area contributed by atoms with Crippen molar-refractivity contribution in [2.24, 2.45) is 11.1 Å². The van der Waals surface area contributed by atoms with Crippen molar-refractivity contribution in [3.05, 3.63) is 0 Å². The molecule has 2 unspecified atom stereocenters. The van der Waals surface area contributed by atoms with Gasteiger partial charge in [0.1, 0.15) is 0 Å². The number of thioether (sulfide) groups is 1. The highest BCUT2D eigenvalue weighted by atomic mass is 32.2. The molecule has 4 nitrogen and oxygen atoms in total. The predicted octanol–water partition coefficient (Wildman–Crippen LogP) is -0.171. The van der Waals surface area contributed by atoms with Gasteiger partial charge >= 0.3 is 0 Å². The maximum atomic E-state index is 11.8. The summed E-state index contributed by atoms with van der Waals surface area (Å²) in [6, 6.07) is -0.184. The van der Waals surface area contributed by atoms with Crippen LogP contribution < -0.4 is 11.1 Å². The number of carbonyl (C=O) groups excluding carboxylic acids is 1. The second kappa shape index (κ2) is 5.00. The SMILES string of the molecule is CSCCNC(=O)C1(C)COCC1N. The lowest BCUT2D eigenvalue weighted by atomic mass is 9.85. The van der Waals surface area contributed by atoms with Crippen molar-refractivity contribution in [3.63, 3.8) is 0 Å². The number of hydrogen-bond acceptors (Lipinski definition) is 4. The molecule has 1 aliphatic heterocycles. The summed E-state index contributed by atoms with van der Waals surface area (Å²) in [5.41, 5.74) is 5.28. The number of amides is 1. The summed E-state index contributed by atoms with van der Waals surface area (Å²) >= 11 is 1.71. The van der Waals surface area contributed by atoms with Crippen LogP contribution in [0.4, 0.5) is 0 Å². The Kier molecular flexibility index (Phi) is 4.22. The highest BCUT2D eigenvalue weighted by molar-refractivity contribution is 7.98. The summed E-state index contributed by atoms with van der Waals surface area (Å²) in [5, 5.41) is 2.88. The average molecular weight is 218 g/mol. The van der Waals surface area contributed by atoms with Gasteiger partial charge in [-0.25, -0.2) is 0 Å². The zero-order chi connectivity index (χ0) is 10.6. The van der Waals surface area contributed by atoms with Gasteiger partial charge in [0.2, 0.25) is 5.91 Å². The van der Waals surface area contributed by atoms with E-state index in [0.717, 1.165) is 5.75 Å². The molecule has 82 valence electrons. The molecule has 1 heterocycles. The monoisotopic (exact) mass is 218 g/mol. The molecule has 1 saturated heterocycles. The molecule has 0 spiro atoms. The lowest BCUT2D eigenvalue weighted by Crippen LogP contribution is -2.50. The third-order valence-corrected chi connectivity index (χ3v) is 3.24. The molecule has 0 saturated carbocycles. The fourth-order valence-corrected chi connectivity index (χ4v) is 1.70. The van der Waals surface area contributed by atoms with Gasteiger partial charge in [-0.2, -0.15) is 11.8 Å². The Bertz CT molecular complexity index is 213. The smallest absolute Gasteiger partial charge is 0.229 e. The summed E-state index contributed by atoms with van der Waals surface area (Å²) < 4.78 is 5.21. The minimum absolute atomic E-state index is 0.0107. The van der Waals surface area contributed by atoms with Crippen molar-refractivity contribution in [1.82, 2.24) is 5.32 Å². The van der Waals surface area contributed by atoms with Crippen molar-refractivity contribution in [1.29, 1.82) is 0 Å². The number of carbonyl (C=O) groups is 1. The summed E-state index contributed by atoms with van der Waals surface area (Å²) in [6.07, 6.45) is 2.01. The number of ether oxygens (including phenoxy) is 1. The Morgan fingerprint density at radius 2 is 2.50 bits per heavy atom. The minimum atomic E-state index is -0.543. The van der Waals surface area contributed by atoms with Crippen LogP contribution in [-0.4, -0.2) is 43.7 Å². The van der Waals surface area contributed by atoms with Gasteiger partial charge in [-0.1, -0.05) is 0 Å². The van der Waals surface area contributed by atoms with Gasteiger partial charge in [-0.15, -0.1) is 0 Å². The van der Waals surface area contributed by atoms with Crippen LogP contribution in [0.25, 0.3) is 0 Å². The number of nitrogens with two attached hydrogens (primary N) is 1. The summed E-state index contributed by atoms with van der Waals surface area (Å²) in [4.78, 5) is 11.8. The highest BCUT2D eigenvalue weighted by Crippen LogP contribution is 2.26. The van der Waals surface area contributed by atoms with Crippen LogP contribution in [0.2, 0.25) is 0 Å². The first-order valence-corrected chi connectivity index (χ1v) is 6.11. The van der Waals surface area contributed by atoms with E-state index in [4.69, 9.17) is 10.5 Å². The minimum Gasteiger partial charge on any atom is -0.379 e. The zero-order valence-electron chi connectivity index (χ0n) is 8.71. The quantitative estimate of drug-likeness (QED) is 0.643. The molecular formula is C9H18N2O2S. The molecule has 5 heteroatoms. The summed E-state index contributed by atoms with van der Waals surface area (Å²) in [5.74, 6) is 0.939. The lowest BCUT2D eigenvalue weighted by Gasteiger charge is -2.25. The van der Waals surface area contributed by atoms with E-state index in [1.165, 1.54) is 0 Å². The van der Waals surface area contributed by atoms with Crippen LogP contribution in [0.15, 0.2) is 0 Å². The molecule has 0 aromatic heterocycles. The topological polar surface area (TPSA) is 64.3 Å². The second-order valence-electron chi connectivity index (χ2n) is 3.79. The van der Waals surface area contributed by atoms with Gasteiger partial charge in [0.05, 0.1) is 18.6 Å². The van der Waals surface area contributed by atoms with Crippen LogP contribution in [-0.2, 0) is 9.53 Å². The molecule has 2 atom stereocenters. The lowest BCUT2D eigenvalue weighted by molar-refractivity contribution is -0.130. The van der Waals surface area contributed by atoms with Crippen molar-refractivity contribution in [2.75, 3.05) is 31.8 Å². The third-order valence-electron chi connectivity index (χ3n) is 2.63. The molecular weight excluding hydrogens is 200 g/mol. The molecule has 0 radical (unpaired) electrons. The first-order valence-electron chi connectivity index (χ1n) is 4.72. The molecule has 0 aromatic carbocycles. The zero-order valence-corrected chi connectivity index (χ0v) is 9.52. The maximum Gasteiger partial charge on any atom is 0.229 e. The van der Waals surface area contributed by atoms with Crippen LogP contribution in [0.1, 0.15) is 6.92 Å². The van der Waals surface area contributed by atoms with Gasteiger partial charge < -0.3 is 15.8 Å². The van der Waals surface area contributed by atoms with Gasteiger partial charge in [0.25, 0.3) is 0 Å². The standard InChI is InChI=1S/C9H18N2O2S/c1-9(6-13-5-7(9)10)8(12)11-3-4-14-2/h7H,3-6,10H2,1-2H3,(H,11,12). The molecule has 1 fully saturated rings. The van der Waals surface area contributed by atoms with Gasteiger partial charge in [-0.05, 0) is 13.2 Å². The average Bonchev–Trinajstić information content (AvgIpc) is 2.49. The molecule has 3 N–H and O–H groups in total. The first kappa shape index (κ1) is 11.8. The number of rotatable bonds is 4. The highest BCUT2D eigenvalue weighted by Gasteiger charge is 2.43. The van der Waals surface area contributed by atoms with Gasteiger partial charge in [0, 0.05) is 18.3 Å². The molecule has 0 bridgehead atoms. The van der Waals surface area contributed by atoms with Crippen LogP contribution in [0.3, 0.4) is 0 Å². The molecule has 0 aliphatic carbocycles. The van der Waals surface area contributed by atoms with Crippen LogP contribution >= 0.6 is 11.8 Å². The summed E-state index contributed by atoms with van der Waals surface area (Å²) in [6.45, 7) is 3.47. The van der Waals surface area contributed by atoms with Crippen molar-refractivity contribution in [3.8, 4) is 0 Å². The maximum absolute atomic E-state index is 11.8. The van der Waals surface area contributed by atoms with Crippen molar-refractivity contribution >= 4 is 17.7 Å². The summed E-state index contributed by atoms with van der Waals surface area (Å²) in [7, 11) is 0. The van der Waals surface area contributed by atoms with E-state index in [1.807, 2.05) is 13.2 Å². The van der Waals surface area contributed by atoms with Crippen molar-refractivity contribution < 1.29 is 9.53 Å². The van der Waals surface area contributed by atoms with E-state index in [-0.39, 0.29) is 11.9 Å². The molecule has 1 aliphatic rings. The van der Waals surface area contributed by atoms with Crippen molar-refractivity contribution in [2.45, 2.75) is 13.0 Å². The number of nitrogens with one attached hydrogen (secondary N) is 1. The largest absolute Gasteiger partial charge is 0.379 e.